The van der Waals surface area contributed by atoms with Crippen LogP contribution in [0.1, 0.15) is 37.7 Å². The van der Waals surface area contributed by atoms with Gasteiger partial charge in [-0.25, -0.2) is 8.42 Å². The molecule has 1 amide bonds. The third kappa shape index (κ3) is 4.07. The highest BCUT2D eigenvalue weighted by atomic mass is 32.2. The first-order valence-corrected chi connectivity index (χ1v) is 10.5. The molecule has 4 nitrogen and oxygen atoms in total. The predicted molar refractivity (Wildman–Crippen MR) is 95.1 cm³/mol. The molecule has 3 rings (SSSR count). The number of benzene rings is 1. The van der Waals surface area contributed by atoms with Crippen molar-refractivity contribution in [3.8, 4) is 0 Å². The molecule has 2 aliphatic rings. The summed E-state index contributed by atoms with van der Waals surface area (Å²) < 4.78 is 25.2. The average Bonchev–Trinajstić information content (AvgIpc) is 2.62. The minimum absolute atomic E-state index is 0.0903. The van der Waals surface area contributed by atoms with Gasteiger partial charge in [-0.05, 0) is 37.7 Å². The first-order valence-electron chi connectivity index (χ1n) is 8.75. The number of hydrogen-bond donors (Lipinski definition) is 0. The van der Waals surface area contributed by atoms with Crippen LogP contribution in [0, 0.1) is 5.92 Å². The molecule has 0 saturated carbocycles. The van der Waals surface area contributed by atoms with Crippen molar-refractivity contribution in [3.05, 3.63) is 48.0 Å². The van der Waals surface area contributed by atoms with Gasteiger partial charge in [-0.3, -0.25) is 4.79 Å². The van der Waals surface area contributed by atoms with Gasteiger partial charge < -0.3 is 4.90 Å². The molecule has 24 heavy (non-hydrogen) atoms. The van der Waals surface area contributed by atoms with Crippen molar-refractivity contribution < 1.29 is 13.2 Å². The minimum Gasteiger partial charge on any atom is -0.342 e. The molecule has 0 N–H and O–H groups in total. The lowest BCUT2D eigenvalue weighted by Gasteiger charge is -2.34. The fourth-order valence-corrected chi connectivity index (χ4v) is 5.46. The van der Waals surface area contributed by atoms with Gasteiger partial charge in [0.2, 0.25) is 5.91 Å². The van der Waals surface area contributed by atoms with E-state index in [1.807, 2.05) is 35.2 Å². The molecule has 1 atom stereocenters. The fourth-order valence-electron chi connectivity index (χ4n) is 3.64. The second-order valence-corrected chi connectivity index (χ2v) is 9.08. The van der Waals surface area contributed by atoms with E-state index < -0.39 is 9.84 Å². The molecular formula is C19H25NO3S. The summed E-state index contributed by atoms with van der Waals surface area (Å²) in [5, 5.41) is -0.326. The number of carbonyl (C=O) groups excluding carboxylic acids is 1. The second kappa shape index (κ2) is 7.51. The van der Waals surface area contributed by atoms with Crippen molar-refractivity contribution >= 4 is 15.7 Å². The molecule has 1 aromatic carbocycles. The van der Waals surface area contributed by atoms with Crippen LogP contribution >= 0.6 is 0 Å². The van der Waals surface area contributed by atoms with Crippen molar-refractivity contribution in [3.63, 3.8) is 0 Å². The number of sulfone groups is 1. The van der Waals surface area contributed by atoms with E-state index in [1.54, 1.807) is 0 Å². The maximum Gasteiger partial charge on any atom is 0.226 e. The van der Waals surface area contributed by atoms with E-state index in [4.69, 9.17) is 0 Å². The van der Waals surface area contributed by atoms with Gasteiger partial charge in [0.05, 0.1) is 11.0 Å². The molecular weight excluding hydrogens is 322 g/mol. The number of carbonyl (C=O) groups is 1. The zero-order chi connectivity index (χ0) is 17.0. The van der Waals surface area contributed by atoms with Gasteiger partial charge in [0.15, 0.2) is 9.84 Å². The summed E-state index contributed by atoms with van der Waals surface area (Å²) in [4.78, 5) is 14.4. The maximum absolute atomic E-state index is 12.6. The van der Waals surface area contributed by atoms with E-state index in [-0.39, 0.29) is 22.8 Å². The summed E-state index contributed by atoms with van der Waals surface area (Å²) in [5.74, 6) is 0.394. The van der Waals surface area contributed by atoms with Gasteiger partial charge >= 0.3 is 0 Å². The highest BCUT2D eigenvalue weighted by Crippen LogP contribution is 2.25. The normalized spacial score (nSPS) is 22.5. The molecule has 1 saturated heterocycles. The Hall–Kier alpha value is -1.62. The predicted octanol–water partition coefficient (Wildman–Crippen LogP) is 2.95. The molecule has 0 unspecified atom stereocenters. The van der Waals surface area contributed by atoms with Gasteiger partial charge in [0.25, 0.3) is 0 Å². The average molecular weight is 347 g/mol. The molecule has 0 aromatic heterocycles. The number of likely N-dealkylation sites (tertiary alicyclic amines) is 1. The van der Waals surface area contributed by atoms with Crippen molar-refractivity contribution in [1.29, 1.82) is 0 Å². The SMILES string of the molecule is O=C([C@H]1CC=CCC1)N1CCC(S(=O)(=O)Cc2ccccc2)CC1. The lowest BCUT2D eigenvalue weighted by Crippen LogP contribution is -2.45. The van der Waals surface area contributed by atoms with Crippen molar-refractivity contribution in [2.24, 2.45) is 5.92 Å². The Labute approximate surface area is 144 Å². The van der Waals surface area contributed by atoms with Crippen LogP contribution in [-0.4, -0.2) is 37.6 Å². The first-order chi connectivity index (χ1) is 11.6. The smallest absolute Gasteiger partial charge is 0.226 e. The Morgan fingerprint density at radius 1 is 1.04 bits per heavy atom. The molecule has 1 heterocycles. The largest absolute Gasteiger partial charge is 0.342 e. The van der Waals surface area contributed by atoms with Gasteiger partial charge in [-0.15, -0.1) is 0 Å². The van der Waals surface area contributed by atoms with Gasteiger partial charge in [-0.2, -0.15) is 0 Å². The monoisotopic (exact) mass is 347 g/mol. The first kappa shape index (κ1) is 17.2. The molecule has 1 aliphatic carbocycles. The van der Waals surface area contributed by atoms with E-state index in [0.29, 0.717) is 25.9 Å². The summed E-state index contributed by atoms with van der Waals surface area (Å²) in [6.07, 6.45) is 8.05. The molecule has 1 aromatic rings. The van der Waals surface area contributed by atoms with Gasteiger partial charge in [0, 0.05) is 19.0 Å². The van der Waals surface area contributed by atoms with Gasteiger partial charge in [0.1, 0.15) is 0 Å². The van der Waals surface area contributed by atoms with Crippen molar-refractivity contribution in [2.75, 3.05) is 13.1 Å². The van der Waals surface area contributed by atoms with Crippen LogP contribution in [0.3, 0.4) is 0 Å². The maximum atomic E-state index is 12.6. The summed E-state index contributed by atoms with van der Waals surface area (Å²) >= 11 is 0. The topological polar surface area (TPSA) is 54.5 Å². The Bertz CT molecular complexity index is 689. The lowest BCUT2D eigenvalue weighted by atomic mass is 9.92. The summed E-state index contributed by atoms with van der Waals surface area (Å²) in [5.41, 5.74) is 0.838. The second-order valence-electron chi connectivity index (χ2n) is 6.80. The Balaban J connectivity index is 1.56. The number of amides is 1. The van der Waals surface area contributed by atoms with E-state index in [9.17, 15) is 13.2 Å². The van der Waals surface area contributed by atoms with E-state index in [0.717, 1.165) is 24.8 Å². The summed E-state index contributed by atoms with van der Waals surface area (Å²) in [6, 6.07) is 9.33. The van der Waals surface area contributed by atoms with Crippen LogP contribution in [0.5, 0.6) is 0 Å². The number of piperidine rings is 1. The highest BCUT2D eigenvalue weighted by Gasteiger charge is 2.33. The quantitative estimate of drug-likeness (QED) is 0.787. The lowest BCUT2D eigenvalue weighted by molar-refractivity contribution is -0.136. The van der Waals surface area contributed by atoms with E-state index >= 15 is 0 Å². The van der Waals surface area contributed by atoms with Crippen LogP contribution < -0.4 is 0 Å². The zero-order valence-electron chi connectivity index (χ0n) is 13.9. The Morgan fingerprint density at radius 3 is 2.38 bits per heavy atom. The molecule has 5 heteroatoms. The molecule has 1 fully saturated rings. The summed E-state index contributed by atoms with van der Waals surface area (Å²) in [7, 11) is -3.16. The van der Waals surface area contributed by atoms with Crippen molar-refractivity contribution in [1.82, 2.24) is 4.90 Å². The Kier molecular flexibility index (Phi) is 5.39. The van der Waals surface area contributed by atoms with Crippen LogP contribution in [0.4, 0.5) is 0 Å². The highest BCUT2D eigenvalue weighted by molar-refractivity contribution is 7.91. The zero-order valence-corrected chi connectivity index (χ0v) is 14.7. The minimum atomic E-state index is -3.16. The molecule has 0 spiro atoms. The third-order valence-electron chi connectivity index (χ3n) is 5.09. The number of rotatable bonds is 4. The summed E-state index contributed by atoms with van der Waals surface area (Å²) in [6.45, 7) is 1.13. The standard InChI is InChI=1S/C19H25NO3S/c21-19(17-9-5-2-6-10-17)20-13-11-18(12-14-20)24(22,23)15-16-7-3-1-4-8-16/h1-5,7-8,17-18H,6,9-15H2/t17-/m0/s1. The van der Waals surface area contributed by atoms with Crippen LogP contribution in [0.2, 0.25) is 0 Å². The number of hydrogen-bond acceptors (Lipinski definition) is 3. The molecule has 0 radical (unpaired) electrons. The molecule has 0 bridgehead atoms. The van der Waals surface area contributed by atoms with E-state index in [2.05, 4.69) is 12.2 Å². The Morgan fingerprint density at radius 2 is 1.75 bits per heavy atom. The number of allylic oxidation sites excluding steroid dienone is 2. The fraction of sp³-hybridized carbons (Fsp3) is 0.526. The van der Waals surface area contributed by atoms with Gasteiger partial charge in [-0.1, -0.05) is 42.5 Å². The third-order valence-corrected chi connectivity index (χ3v) is 7.31. The van der Waals surface area contributed by atoms with Crippen LogP contribution in [0.25, 0.3) is 0 Å². The van der Waals surface area contributed by atoms with Crippen LogP contribution in [0.15, 0.2) is 42.5 Å². The number of nitrogens with zero attached hydrogens (tertiary/aromatic N) is 1. The molecule has 130 valence electrons. The molecule has 1 aliphatic heterocycles. The van der Waals surface area contributed by atoms with Crippen LogP contribution in [-0.2, 0) is 20.4 Å². The van der Waals surface area contributed by atoms with Crippen molar-refractivity contribution in [2.45, 2.75) is 43.1 Å². The van der Waals surface area contributed by atoms with E-state index in [1.165, 1.54) is 0 Å².